The average Bonchev–Trinajstić information content (AvgIpc) is 3.11. The fourth-order valence-electron chi connectivity index (χ4n) is 3.17. The highest BCUT2D eigenvalue weighted by Crippen LogP contribution is 2.27. The van der Waals surface area contributed by atoms with Crippen molar-refractivity contribution >= 4 is 11.4 Å². The van der Waals surface area contributed by atoms with E-state index in [1.54, 1.807) is 0 Å². The van der Waals surface area contributed by atoms with Gasteiger partial charge in [-0.25, -0.2) is 4.79 Å². The van der Waals surface area contributed by atoms with Crippen LogP contribution in [0.3, 0.4) is 0 Å². The highest BCUT2D eigenvalue weighted by Gasteiger charge is 2.26. The normalized spacial score (nSPS) is 16.3. The molecule has 3 rings (SSSR count). The summed E-state index contributed by atoms with van der Waals surface area (Å²) in [5, 5.41) is 14.4. The maximum Gasteiger partial charge on any atom is 0.330 e. The monoisotopic (exact) mass is 357 g/mol. The van der Waals surface area contributed by atoms with E-state index in [1.165, 1.54) is 7.05 Å². The van der Waals surface area contributed by atoms with E-state index in [2.05, 4.69) is 46.4 Å². The number of nitrogens with zero attached hydrogens (tertiary/aromatic N) is 3. The van der Waals surface area contributed by atoms with Gasteiger partial charge in [0.1, 0.15) is 5.56 Å². The van der Waals surface area contributed by atoms with Crippen molar-refractivity contribution in [3.63, 3.8) is 0 Å². The number of aromatic hydroxyl groups is 1. The van der Waals surface area contributed by atoms with Crippen LogP contribution in [0.25, 0.3) is 0 Å². The van der Waals surface area contributed by atoms with Gasteiger partial charge >= 0.3 is 5.69 Å². The topological polar surface area (TPSA) is 103 Å². The molecule has 2 aromatic rings. The Hall–Kier alpha value is -3.03. The Morgan fingerprint density at radius 1 is 1.23 bits per heavy atom. The molecule has 0 saturated heterocycles. The van der Waals surface area contributed by atoms with Gasteiger partial charge in [-0.15, -0.1) is 0 Å². The van der Waals surface area contributed by atoms with Gasteiger partial charge in [-0.1, -0.05) is 12.1 Å². The zero-order chi connectivity index (χ0) is 18.8. The standard InChI is InChI=1S/C18H23N5O3/c1-4-23(5-2)12-8-6-11(7-9-12)13-10-14(21-20-13)15-16(24)19-18(26)22(3)17(15)25/h6-9,13,20,25H,4-5,10H2,1-3H3,(H,19,24,26)/t13-/m1/s1. The molecule has 138 valence electrons. The average molecular weight is 357 g/mol. The zero-order valence-electron chi connectivity index (χ0n) is 15.1. The molecule has 1 aromatic heterocycles. The molecular weight excluding hydrogens is 334 g/mol. The molecule has 2 heterocycles. The molecule has 0 radical (unpaired) electrons. The number of aromatic nitrogens is 2. The van der Waals surface area contributed by atoms with Crippen LogP contribution in [0, 0.1) is 0 Å². The van der Waals surface area contributed by atoms with Crippen molar-refractivity contribution in [2.24, 2.45) is 12.1 Å². The number of aromatic amines is 1. The maximum atomic E-state index is 12.1. The van der Waals surface area contributed by atoms with Crippen LogP contribution >= 0.6 is 0 Å². The number of benzene rings is 1. The van der Waals surface area contributed by atoms with E-state index in [4.69, 9.17) is 0 Å². The predicted octanol–water partition coefficient (Wildman–Crippen LogP) is 1.06. The molecule has 0 saturated carbocycles. The van der Waals surface area contributed by atoms with Crippen molar-refractivity contribution in [3.05, 3.63) is 56.2 Å². The second kappa shape index (κ2) is 7.07. The summed E-state index contributed by atoms with van der Waals surface area (Å²) in [5.74, 6) is -0.378. The van der Waals surface area contributed by atoms with Crippen LogP contribution < -0.4 is 21.6 Å². The lowest BCUT2D eigenvalue weighted by molar-refractivity contribution is 0.416. The maximum absolute atomic E-state index is 12.1. The molecule has 1 atom stereocenters. The molecule has 0 unspecified atom stereocenters. The number of rotatable bonds is 5. The van der Waals surface area contributed by atoms with Crippen molar-refractivity contribution in [1.29, 1.82) is 0 Å². The molecule has 0 aliphatic carbocycles. The van der Waals surface area contributed by atoms with E-state index in [9.17, 15) is 14.7 Å². The first-order chi connectivity index (χ1) is 12.5. The summed E-state index contributed by atoms with van der Waals surface area (Å²) in [6, 6.07) is 8.12. The Balaban J connectivity index is 1.82. The van der Waals surface area contributed by atoms with Gasteiger partial charge in [-0.05, 0) is 31.5 Å². The second-order valence-electron chi connectivity index (χ2n) is 6.23. The Kier molecular flexibility index (Phi) is 4.83. The summed E-state index contributed by atoms with van der Waals surface area (Å²) >= 11 is 0. The van der Waals surface area contributed by atoms with E-state index in [-0.39, 0.29) is 17.5 Å². The SMILES string of the molecule is CCN(CC)c1ccc([C@H]2CC(c3c(O)n(C)c(=O)[nH]c3=O)=NN2)cc1. The summed E-state index contributed by atoms with van der Waals surface area (Å²) in [6.45, 7) is 6.12. The first kappa shape index (κ1) is 17.8. The molecule has 0 spiro atoms. The molecule has 3 N–H and O–H groups in total. The first-order valence-electron chi connectivity index (χ1n) is 8.65. The van der Waals surface area contributed by atoms with Gasteiger partial charge in [0.2, 0.25) is 5.88 Å². The molecule has 1 aromatic carbocycles. The number of hydrazone groups is 1. The molecule has 26 heavy (non-hydrogen) atoms. The Labute approximate surface area is 150 Å². The summed E-state index contributed by atoms with van der Waals surface area (Å²) in [4.78, 5) is 28.1. The summed E-state index contributed by atoms with van der Waals surface area (Å²) in [6.07, 6.45) is 0.444. The highest BCUT2D eigenvalue weighted by atomic mass is 16.3. The lowest BCUT2D eigenvalue weighted by atomic mass is 9.99. The van der Waals surface area contributed by atoms with Crippen molar-refractivity contribution in [2.75, 3.05) is 18.0 Å². The molecule has 1 aliphatic heterocycles. The molecule has 0 amide bonds. The Bertz CT molecular complexity index is 939. The van der Waals surface area contributed by atoms with Crippen LogP contribution in [0.15, 0.2) is 39.0 Å². The van der Waals surface area contributed by atoms with Crippen molar-refractivity contribution in [1.82, 2.24) is 15.0 Å². The summed E-state index contributed by atoms with van der Waals surface area (Å²) in [7, 11) is 1.39. The second-order valence-corrected chi connectivity index (χ2v) is 6.23. The minimum Gasteiger partial charge on any atom is -0.494 e. The molecule has 0 fully saturated rings. The van der Waals surface area contributed by atoms with E-state index < -0.39 is 11.2 Å². The van der Waals surface area contributed by atoms with Crippen molar-refractivity contribution < 1.29 is 5.11 Å². The van der Waals surface area contributed by atoms with Gasteiger partial charge in [0.25, 0.3) is 5.56 Å². The van der Waals surface area contributed by atoms with E-state index in [1.807, 2.05) is 12.1 Å². The predicted molar refractivity (Wildman–Crippen MR) is 101 cm³/mol. The zero-order valence-corrected chi connectivity index (χ0v) is 15.1. The van der Waals surface area contributed by atoms with Gasteiger partial charge in [0.15, 0.2) is 0 Å². The summed E-state index contributed by atoms with van der Waals surface area (Å²) in [5.41, 5.74) is 4.37. The third kappa shape index (κ3) is 3.10. The Morgan fingerprint density at radius 3 is 2.50 bits per heavy atom. The lowest BCUT2D eigenvalue weighted by Gasteiger charge is -2.21. The molecule has 8 heteroatoms. The van der Waals surface area contributed by atoms with Gasteiger partial charge in [-0.3, -0.25) is 14.3 Å². The fraction of sp³-hybridized carbons (Fsp3) is 0.389. The fourth-order valence-corrected chi connectivity index (χ4v) is 3.17. The van der Waals surface area contributed by atoms with Crippen molar-refractivity contribution in [2.45, 2.75) is 26.3 Å². The first-order valence-corrected chi connectivity index (χ1v) is 8.65. The van der Waals surface area contributed by atoms with Crippen LogP contribution in [0.1, 0.15) is 37.4 Å². The van der Waals surface area contributed by atoms with Crippen LogP contribution in [0.4, 0.5) is 5.69 Å². The molecule has 1 aliphatic rings. The van der Waals surface area contributed by atoms with E-state index in [0.717, 1.165) is 28.9 Å². The highest BCUT2D eigenvalue weighted by molar-refractivity contribution is 6.03. The lowest BCUT2D eigenvalue weighted by Crippen LogP contribution is -2.32. The van der Waals surface area contributed by atoms with Gasteiger partial charge in [0.05, 0.1) is 11.8 Å². The van der Waals surface area contributed by atoms with Crippen LogP contribution in [0.5, 0.6) is 5.88 Å². The van der Waals surface area contributed by atoms with E-state index >= 15 is 0 Å². The number of hydrogen-bond donors (Lipinski definition) is 3. The third-order valence-electron chi connectivity index (χ3n) is 4.76. The van der Waals surface area contributed by atoms with E-state index in [0.29, 0.717) is 12.1 Å². The van der Waals surface area contributed by atoms with Gasteiger partial charge in [-0.2, -0.15) is 5.10 Å². The molecule has 8 nitrogen and oxygen atoms in total. The van der Waals surface area contributed by atoms with Gasteiger partial charge < -0.3 is 15.4 Å². The summed E-state index contributed by atoms with van der Waals surface area (Å²) < 4.78 is 0.992. The number of anilines is 1. The van der Waals surface area contributed by atoms with Crippen molar-refractivity contribution in [3.8, 4) is 5.88 Å². The number of hydrogen-bond acceptors (Lipinski definition) is 6. The van der Waals surface area contributed by atoms with Crippen LogP contribution in [-0.2, 0) is 7.05 Å². The largest absolute Gasteiger partial charge is 0.494 e. The quantitative estimate of drug-likeness (QED) is 0.743. The number of H-pyrrole nitrogens is 1. The minimum atomic E-state index is -0.661. The minimum absolute atomic E-state index is 0.0295. The smallest absolute Gasteiger partial charge is 0.330 e. The number of nitrogens with one attached hydrogen (secondary N) is 2. The Morgan fingerprint density at radius 2 is 1.88 bits per heavy atom. The van der Waals surface area contributed by atoms with Crippen LogP contribution in [-0.4, -0.2) is 33.5 Å². The third-order valence-corrected chi connectivity index (χ3v) is 4.76. The van der Waals surface area contributed by atoms with Crippen LogP contribution in [0.2, 0.25) is 0 Å². The molecular formula is C18H23N5O3. The molecule has 0 bridgehead atoms. The van der Waals surface area contributed by atoms with Gasteiger partial charge in [0, 0.05) is 32.2 Å².